The maximum absolute atomic E-state index is 12.3. The Labute approximate surface area is 113 Å². The molecule has 2 aliphatic heterocycles. The van der Waals surface area contributed by atoms with Crippen LogP contribution in [-0.4, -0.2) is 22.5 Å². The van der Waals surface area contributed by atoms with Gasteiger partial charge in [-0.25, -0.2) is 0 Å². The smallest absolute Gasteiger partial charge is 0.223 e. The molecule has 1 unspecified atom stereocenters. The Hall–Kier alpha value is -1.51. The number of fused-ring (bicyclic) bond motifs is 1. The van der Waals surface area contributed by atoms with Crippen LogP contribution in [0.25, 0.3) is 0 Å². The number of carbonyl (C=O) groups is 1. The molecule has 1 aromatic carbocycles. The average molecular weight is 257 g/mol. The number of hydrogen-bond acceptors (Lipinski definition) is 2. The lowest BCUT2D eigenvalue weighted by Crippen LogP contribution is -2.49. The van der Waals surface area contributed by atoms with Crippen molar-refractivity contribution in [3.63, 3.8) is 0 Å². The van der Waals surface area contributed by atoms with Crippen molar-refractivity contribution in [1.29, 1.82) is 0 Å². The summed E-state index contributed by atoms with van der Waals surface area (Å²) in [4.78, 5) is 14.4. The van der Waals surface area contributed by atoms with E-state index in [1.165, 1.54) is 11.1 Å². The summed E-state index contributed by atoms with van der Waals surface area (Å²) in [6, 6.07) is 5.73. The molecule has 1 saturated carbocycles. The van der Waals surface area contributed by atoms with Gasteiger partial charge in [0.15, 0.2) is 0 Å². The molecule has 3 nitrogen and oxygen atoms in total. The van der Waals surface area contributed by atoms with Crippen molar-refractivity contribution in [2.45, 2.75) is 38.1 Å². The van der Waals surface area contributed by atoms with E-state index in [0.717, 1.165) is 25.8 Å². The fraction of sp³-hybridized carbons (Fsp3) is 0.562. The summed E-state index contributed by atoms with van der Waals surface area (Å²) in [5, 5.41) is 9.69. The lowest BCUT2D eigenvalue weighted by atomic mass is 9.76. The Morgan fingerprint density at radius 3 is 3.11 bits per heavy atom. The molecule has 19 heavy (non-hydrogen) atoms. The van der Waals surface area contributed by atoms with Crippen LogP contribution in [-0.2, 0) is 16.8 Å². The topological polar surface area (TPSA) is 40.5 Å². The van der Waals surface area contributed by atoms with Gasteiger partial charge in [-0.2, -0.15) is 0 Å². The molecule has 4 rings (SSSR count). The van der Waals surface area contributed by atoms with Gasteiger partial charge in [-0.1, -0.05) is 13.0 Å². The molecule has 0 aromatic heterocycles. The minimum Gasteiger partial charge on any atom is -0.508 e. The second-order valence-electron chi connectivity index (χ2n) is 6.51. The second-order valence-corrected chi connectivity index (χ2v) is 6.51. The first-order valence-electron chi connectivity index (χ1n) is 7.24. The molecule has 1 aliphatic carbocycles. The van der Waals surface area contributed by atoms with Crippen LogP contribution in [0, 0.1) is 11.8 Å². The van der Waals surface area contributed by atoms with E-state index in [4.69, 9.17) is 0 Å². The predicted molar refractivity (Wildman–Crippen MR) is 71.7 cm³/mol. The molecule has 3 aliphatic rings. The van der Waals surface area contributed by atoms with E-state index >= 15 is 0 Å². The van der Waals surface area contributed by atoms with Crippen molar-refractivity contribution in [1.82, 2.24) is 4.90 Å². The van der Waals surface area contributed by atoms with Gasteiger partial charge >= 0.3 is 0 Å². The highest BCUT2D eigenvalue weighted by molar-refractivity contribution is 5.82. The Morgan fingerprint density at radius 1 is 1.42 bits per heavy atom. The summed E-state index contributed by atoms with van der Waals surface area (Å²) in [6.45, 7) is 3.11. The zero-order chi connectivity index (χ0) is 13.2. The first-order chi connectivity index (χ1) is 9.11. The van der Waals surface area contributed by atoms with Gasteiger partial charge in [-0.15, -0.1) is 0 Å². The van der Waals surface area contributed by atoms with E-state index in [9.17, 15) is 9.90 Å². The van der Waals surface area contributed by atoms with E-state index in [1.807, 2.05) is 6.07 Å². The number of phenols is 1. The maximum atomic E-state index is 12.3. The Bertz CT molecular complexity index is 568. The maximum Gasteiger partial charge on any atom is 0.223 e. The largest absolute Gasteiger partial charge is 0.508 e. The van der Waals surface area contributed by atoms with Crippen LogP contribution in [0.15, 0.2) is 18.2 Å². The highest BCUT2D eigenvalue weighted by Gasteiger charge is 2.59. The monoisotopic (exact) mass is 257 g/mol. The van der Waals surface area contributed by atoms with Gasteiger partial charge in [0.25, 0.3) is 0 Å². The molecule has 1 aromatic rings. The number of amides is 1. The minimum absolute atomic E-state index is 0.0578. The van der Waals surface area contributed by atoms with E-state index in [-0.39, 0.29) is 5.54 Å². The molecule has 2 heterocycles. The Kier molecular flexibility index (Phi) is 2.10. The summed E-state index contributed by atoms with van der Waals surface area (Å²) >= 11 is 0. The summed E-state index contributed by atoms with van der Waals surface area (Å²) in [5.41, 5.74) is 2.49. The quantitative estimate of drug-likeness (QED) is 0.775. The van der Waals surface area contributed by atoms with Crippen LogP contribution in [0.5, 0.6) is 5.75 Å². The SMILES string of the molecule is C[C@@H]1CC2CC(=O)N3CCc4cc(O)ccc4[C@@]23C1. The van der Waals surface area contributed by atoms with Crippen molar-refractivity contribution >= 4 is 5.91 Å². The molecule has 3 heteroatoms. The molecule has 0 bridgehead atoms. The van der Waals surface area contributed by atoms with Gasteiger partial charge in [-0.05, 0) is 54.4 Å². The van der Waals surface area contributed by atoms with Crippen molar-refractivity contribution in [2.24, 2.45) is 11.8 Å². The highest BCUT2D eigenvalue weighted by atomic mass is 16.3. The van der Waals surface area contributed by atoms with Crippen molar-refractivity contribution in [2.75, 3.05) is 6.54 Å². The average Bonchev–Trinajstić information content (AvgIpc) is 2.78. The first kappa shape index (κ1) is 11.3. The second kappa shape index (κ2) is 3.53. The lowest BCUT2D eigenvalue weighted by molar-refractivity contribution is -0.132. The summed E-state index contributed by atoms with van der Waals surface area (Å²) < 4.78 is 0. The van der Waals surface area contributed by atoms with Crippen molar-refractivity contribution < 1.29 is 9.90 Å². The van der Waals surface area contributed by atoms with Crippen LogP contribution in [0.4, 0.5) is 0 Å². The number of hydrogen-bond donors (Lipinski definition) is 1. The molecular formula is C16H19NO2. The van der Waals surface area contributed by atoms with Crippen molar-refractivity contribution in [3.8, 4) is 5.75 Å². The van der Waals surface area contributed by atoms with Gasteiger partial charge in [0.05, 0.1) is 5.54 Å². The fourth-order valence-corrected chi connectivity index (χ4v) is 4.83. The summed E-state index contributed by atoms with van der Waals surface area (Å²) in [7, 11) is 0. The third-order valence-electron chi connectivity index (χ3n) is 5.39. The van der Waals surface area contributed by atoms with Crippen LogP contribution >= 0.6 is 0 Å². The van der Waals surface area contributed by atoms with Crippen molar-refractivity contribution in [3.05, 3.63) is 29.3 Å². The minimum atomic E-state index is -0.0578. The van der Waals surface area contributed by atoms with Gasteiger partial charge < -0.3 is 10.0 Å². The molecule has 1 N–H and O–H groups in total. The van der Waals surface area contributed by atoms with Gasteiger partial charge in [-0.3, -0.25) is 4.79 Å². The van der Waals surface area contributed by atoms with E-state index in [2.05, 4.69) is 17.9 Å². The predicted octanol–water partition coefficient (Wildman–Crippen LogP) is 2.42. The molecule has 3 atom stereocenters. The third-order valence-corrected chi connectivity index (χ3v) is 5.39. The van der Waals surface area contributed by atoms with E-state index in [1.54, 1.807) is 6.07 Å². The molecular weight excluding hydrogens is 238 g/mol. The molecule has 1 spiro atoms. The van der Waals surface area contributed by atoms with Crippen LogP contribution in [0.3, 0.4) is 0 Å². The van der Waals surface area contributed by atoms with Gasteiger partial charge in [0.1, 0.15) is 5.75 Å². The van der Waals surface area contributed by atoms with E-state index in [0.29, 0.717) is 29.9 Å². The standard InChI is InChI=1S/C16H19NO2/c1-10-6-12-8-15(19)17-5-4-11-7-13(18)2-3-14(11)16(12,17)9-10/h2-3,7,10,12,18H,4-6,8-9H2,1H3/t10-,12?,16-/m1/s1. The number of aromatic hydroxyl groups is 1. The third kappa shape index (κ3) is 1.31. The molecule has 100 valence electrons. The Morgan fingerprint density at radius 2 is 2.26 bits per heavy atom. The number of carbonyl (C=O) groups excluding carboxylic acids is 1. The summed E-state index contributed by atoms with van der Waals surface area (Å²) in [6.07, 6.45) is 3.83. The van der Waals surface area contributed by atoms with Gasteiger partial charge in [0, 0.05) is 13.0 Å². The normalized spacial score (nSPS) is 36.1. The number of benzene rings is 1. The molecule has 1 amide bonds. The van der Waals surface area contributed by atoms with Crippen LogP contribution in [0.1, 0.15) is 37.3 Å². The zero-order valence-corrected chi connectivity index (χ0v) is 11.2. The number of nitrogens with zero attached hydrogens (tertiary/aromatic N) is 1. The van der Waals surface area contributed by atoms with Crippen LogP contribution < -0.4 is 0 Å². The van der Waals surface area contributed by atoms with E-state index < -0.39 is 0 Å². The number of phenolic OH excluding ortho intramolecular Hbond substituents is 1. The highest BCUT2D eigenvalue weighted by Crippen LogP contribution is 2.58. The first-order valence-corrected chi connectivity index (χ1v) is 7.24. The summed E-state index contributed by atoms with van der Waals surface area (Å²) in [5.74, 6) is 1.82. The van der Waals surface area contributed by atoms with Crippen LogP contribution in [0.2, 0.25) is 0 Å². The fourth-order valence-electron chi connectivity index (χ4n) is 4.83. The molecule has 2 fully saturated rings. The molecule has 0 radical (unpaired) electrons. The zero-order valence-electron chi connectivity index (χ0n) is 11.2. The molecule has 1 saturated heterocycles. The number of rotatable bonds is 0. The Balaban J connectivity index is 1.93. The lowest BCUT2D eigenvalue weighted by Gasteiger charge is -2.44. The van der Waals surface area contributed by atoms with Gasteiger partial charge in [0.2, 0.25) is 5.91 Å².